The third-order valence-corrected chi connectivity index (χ3v) is 4.90. The molecule has 7 heteroatoms. The molecule has 0 unspecified atom stereocenters. The van der Waals surface area contributed by atoms with E-state index in [1.54, 1.807) is 11.0 Å². The highest BCUT2D eigenvalue weighted by molar-refractivity contribution is 5.92. The molecule has 0 saturated carbocycles. The number of ether oxygens (including phenoxy) is 1. The molecule has 1 aromatic heterocycles. The number of aliphatic hydroxyl groups is 1. The van der Waals surface area contributed by atoms with Gasteiger partial charge in [0.15, 0.2) is 5.58 Å². The van der Waals surface area contributed by atoms with Crippen molar-refractivity contribution < 1.29 is 19.1 Å². The van der Waals surface area contributed by atoms with E-state index in [0.29, 0.717) is 43.5 Å². The predicted molar refractivity (Wildman–Crippen MR) is 106 cm³/mol. The highest BCUT2D eigenvalue weighted by Crippen LogP contribution is 2.28. The second-order valence-electron chi connectivity index (χ2n) is 7.02. The van der Waals surface area contributed by atoms with E-state index in [9.17, 15) is 9.90 Å². The van der Waals surface area contributed by atoms with E-state index < -0.39 is 0 Å². The van der Waals surface area contributed by atoms with Crippen LogP contribution in [0.15, 0.2) is 46.9 Å². The number of carbonyl (C=O) groups excluding carboxylic acids is 1. The highest BCUT2D eigenvalue weighted by Gasteiger charge is 2.22. The van der Waals surface area contributed by atoms with Crippen LogP contribution >= 0.6 is 0 Å². The van der Waals surface area contributed by atoms with Crippen molar-refractivity contribution in [3.63, 3.8) is 0 Å². The Morgan fingerprint density at radius 1 is 1.32 bits per heavy atom. The summed E-state index contributed by atoms with van der Waals surface area (Å²) in [6.45, 7) is 3.89. The smallest absolute Gasteiger partial charge is 0.321 e. The Morgan fingerprint density at radius 3 is 3.00 bits per heavy atom. The SMILES string of the molecule is Cc1ccccc1-c1nc2ccc(NC(=O)N3CCOC[C@@H](CO)C3)cc2o1. The summed E-state index contributed by atoms with van der Waals surface area (Å²) >= 11 is 0. The minimum Gasteiger partial charge on any atom is -0.436 e. The van der Waals surface area contributed by atoms with Gasteiger partial charge in [0.2, 0.25) is 5.89 Å². The number of anilines is 1. The van der Waals surface area contributed by atoms with E-state index in [0.717, 1.165) is 16.6 Å². The van der Waals surface area contributed by atoms with Crippen LogP contribution in [0.4, 0.5) is 10.5 Å². The number of nitrogens with zero attached hydrogens (tertiary/aromatic N) is 2. The zero-order chi connectivity index (χ0) is 19.5. The Kier molecular flexibility index (Phi) is 5.27. The van der Waals surface area contributed by atoms with Crippen molar-refractivity contribution in [2.75, 3.05) is 38.2 Å². The van der Waals surface area contributed by atoms with Gasteiger partial charge in [-0.25, -0.2) is 9.78 Å². The lowest BCUT2D eigenvalue weighted by Crippen LogP contribution is -2.39. The Bertz CT molecular complexity index is 985. The van der Waals surface area contributed by atoms with Crippen LogP contribution in [-0.4, -0.2) is 53.9 Å². The van der Waals surface area contributed by atoms with Crippen molar-refractivity contribution in [3.8, 4) is 11.5 Å². The molecule has 1 atom stereocenters. The maximum absolute atomic E-state index is 12.6. The van der Waals surface area contributed by atoms with Crippen molar-refractivity contribution >= 4 is 22.8 Å². The predicted octanol–water partition coefficient (Wildman–Crippen LogP) is 3.28. The number of benzene rings is 2. The number of oxazole rings is 1. The van der Waals surface area contributed by atoms with E-state index in [4.69, 9.17) is 9.15 Å². The fourth-order valence-electron chi connectivity index (χ4n) is 3.31. The highest BCUT2D eigenvalue weighted by atomic mass is 16.5. The van der Waals surface area contributed by atoms with Crippen LogP contribution in [0.3, 0.4) is 0 Å². The quantitative estimate of drug-likeness (QED) is 0.727. The zero-order valence-corrected chi connectivity index (χ0v) is 15.7. The van der Waals surface area contributed by atoms with Crippen molar-refractivity contribution in [1.29, 1.82) is 0 Å². The first-order valence-corrected chi connectivity index (χ1v) is 9.35. The average molecular weight is 381 g/mol. The van der Waals surface area contributed by atoms with E-state index >= 15 is 0 Å². The molecule has 0 radical (unpaired) electrons. The summed E-state index contributed by atoms with van der Waals surface area (Å²) in [5.41, 5.74) is 4.02. The van der Waals surface area contributed by atoms with Crippen LogP contribution in [0.25, 0.3) is 22.6 Å². The average Bonchev–Trinajstić information content (AvgIpc) is 2.96. The third-order valence-electron chi connectivity index (χ3n) is 4.90. The van der Waals surface area contributed by atoms with E-state index in [2.05, 4.69) is 10.3 Å². The second kappa shape index (κ2) is 8.00. The Hall–Kier alpha value is -2.90. The van der Waals surface area contributed by atoms with Crippen LogP contribution in [0.1, 0.15) is 5.56 Å². The first kappa shape index (κ1) is 18.5. The lowest BCUT2D eigenvalue weighted by atomic mass is 10.1. The molecule has 1 aliphatic heterocycles. The number of urea groups is 1. The number of aliphatic hydroxyl groups excluding tert-OH is 1. The van der Waals surface area contributed by atoms with Crippen molar-refractivity contribution in [2.24, 2.45) is 5.92 Å². The second-order valence-corrected chi connectivity index (χ2v) is 7.02. The zero-order valence-electron chi connectivity index (χ0n) is 15.7. The lowest BCUT2D eigenvalue weighted by molar-refractivity contribution is 0.0958. The molecule has 3 aromatic rings. The third kappa shape index (κ3) is 3.85. The monoisotopic (exact) mass is 381 g/mol. The van der Waals surface area contributed by atoms with Crippen molar-refractivity contribution in [3.05, 3.63) is 48.0 Å². The molecule has 0 bridgehead atoms. The molecular weight excluding hydrogens is 358 g/mol. The van der Waals surface area contributed by atoms with Gasteiger partial charge in [-0.15, -0.1) is 0 Å². The number of carbonyl (C=O) groups is 1. The van der Waals surface area contributed by atoms with Gasteiger partial charge in [-0.2, -0.15) is 0 Å². The summed E-state index contributed by atoms with van der Waals surface area (Å²) in [6, 6.07) is 13.1. The minimum absolute atomic E-state index is 0.00448. The van der Waals surface area contributed by atoms with E-state index in [-0.39, 0.29) is 18.6 Å². The van der Waals surface area contributed by atoms with Gasteiger partial charge in [-0.1, -0.05) is 18.2 Å². The van der Waals surface area contributed by atoms with Gasteiger partial charge in [-0.05, 0) is 30.7 Å². The molecule has 4 rings (SSSR count). The van der Waals surface area contributed by atoms with Crippen molar-refractivity contribution in [1.82, 2.24) is 9.88 Å². The summed E-state index contributed by atoms with van der Waals surface area (Å²) in [5, 5.41) is 12.3. The van der Waals surface area contributed by atoms with Crippen LogP contribution in [-0.2, 0) is 4.74 Å². The summed E-state index contributed by atoms with van der Waals surface area (Å²) in [6.07, 6.45) is 0. The molecule has 2 heterocycles. The molecule has 2 aromatic carbocycles. The normalized spacial score (nSPS) is 17.5. The summed E-state index contributed by atoms with van der Waals surface area (Å²) in [4.78, 5) is 18.8. The van der Waals surface area contributed by atoms with Gasteiger partial charge >= 0.3 is 6.03 Å². The summed E-state index contributed by atoms with van der Waals surface area (Å²) in [5.74, 6) is 0.494. The van der Waals surface area contributed by atoms with Crippen LogP contribution in [0.5, 0.6) is 0 Å². The number of aromatic nitrogens is 1. The van der Waals surface area contributed by atoms with Gasteiger partial charge in [0, 0.05) is 42.9 Å². The molecule has 146 valence electrons. The topological polar surface area (TPSA) is 87.8 Å². The standard InChI is InChI=1S/C21H23N3O4/c1-14-4-2-3-5-17(14)20-23-18-7-6-16(10-19(18)28-20)22-21(26)24-8-9-27-13-15(11-24)12-25/h2-7,10,15,25H,8-9,11-13H2,1H3,(H,22,26)/t15-/m1/s1. The Balaban J connectivity index is 1.53. The van der Waals surface area contributed by atoms with Crippen LogP contribution in [0, 0.1) is 12.8 Å². The lowest BCUT2D eigenvalue weighted by Gasteiger charge is -2.23. The molecule has 1 aliphatic rings. The number of hydrogen-bond acceptors (Lipinski definition) is 5. The number of rotatable bonds is 3. The Labute approximate surface area is 162 Å². The van der Waals surface area contributed by atoms with Gasteiger partial charge in [-0.3, -0.25) is 0 Å². The molecule has 28 heavy (non-hydrogen) atoms. The van der Waals surface area contributed by atoms with E-state index in [1.165, 1.54) is 0 Å². The number of aryl methyl sites for hydroxylation is 1. The number of hydrogen-bond donors (Lipinski definition) is 2. The molecule has 2 amide bonds. The van der Waals surface area contributed by atoms with Crippen LogP contribution < -0.4 is 5.32 Å². The fourth-order valence-corrected chi connectivity index (χ4v) is 3.31. The number of amides is 2. The fraction of sp³-hybridized carbons (Fsp3) is 0.333. The van der Waals surface area contributed by atoms with Gasteiger partial charge in [0.05, 0.1) is 13.2 Å². The summed E-state index contributed by atoms with van der Waals surface area (Å²) in [7, 11) is 0. The Morgan fingerprint density at radius 2 is 2.18 bits per heavy atom. The molecular formula is C21H23N3O4. The maximum atomic E-state index is 12.6. The molecule has 0 spiro atoms. The minimum atomic E-state index is -0.220. The molecule has 2 N–H and O–H groups in total. The maximum Gasteiger partial charge on any atom is 0.321 e. The number of nitrogens with one attached hydrogen (secondary N) is 1. The molecule has 1 saturated heterocycles. The first-order valence-electron chi connectivity index (χ1n) is 9.35. The van der Waals surface area contributed by atoms with Gasteiger partial charge in [0.25, 0.3) is 0 Å². The van der Waals surface area contributed by atoms with Crippen molar-refractivity contribution in [2.45, 2.75) is 6.92 Å². The van der Waals surface area contributed by atoms with Gasteiger partial charge < -0.3 is 24.5 Å². The van der Waals surface area contributed by atoms with Gasteiger partial charge in [0.1, 0.15) is 5.52 Å². The molecule has 1 fully saturated rings. The van der Waals surface area contributed by atoms with E-state index in [1.807, 2.05) is 43.3 Å². The summed E-state index contributed by atoms with van der Waals surface area (Å²) < 4.78 is 11.4. The first-order chi connectivity index (χ1) is 13.6. The largest absolute Gasteiger partial charge is 0.436 e. The number of fused-ring (bicyclic) bond motifs is 1. The van der Waals surface area contributed by atoms with Crippen LogP contribution in [0.2, 0.25) is 0 Å². The molecule has 0 aliphatic carbocycles. The molecule has 7 nitrogen and oxygen atoms in total.